The SMILES string of the molecule is NCCc1ccc2c(c1)N(C(=O)NN)C(=O)CS2. The first kappa shape index (κ1) is 12.9. The second kappa shape index (κ2) is 5.38. The Bertz CT molecular complexity index is 492. The lowest BCUT2D eigenvalue weighted by atomic mass is 10.1. The molecule has 1 aliphatic heterocycles. The van der Waals surface area contributed by atoms with Gasteiger partial charge < -0.3 is 5.73 Å². The lowest BCUT2D eigenvalue weighted by Crippen LogP contribution is -2.49. The topological polar surface area (TPSA) is 101 Å². The normalized spacial score (nSPS) is 14.3. The van der Waals surface area contributed by atoms with Crippen LogP contribution in [0, 0.1) is 0 Å². The third kappa shape index (κ3) is 2.33. The number of amides is 3. The van der Waals surface area contributed by atoms with E-state index >= 15 is 0 Å². The first-order valence-corrected chi connectivity index (χ1v) is 6.45. The Morgan fingerprint density at radius 3 is 2.94 bits per heavy atom. The van der Waals surface area contributed by atoms with Crippen molar-refractivity contribution in [3.8, 4) is 0 Å². The van der Waals surface area contributed by atoms with Crippen molar-refractivity contribution in [3.05, 3.63) is 23.8 Å². The molecule has 96 valence electrons. The Hall–Kier alpha value is -1.57. The van der Waals surface area contributed by atoms with Crippen molar-refractivity contribution >= 4 is 29.4 Å². The van der Waals surface area contributed by atoms with Crippen LogP contribution < -0.4 is 21.9 Å². The fourth-order valence-electron chi connectivity index (χ4n) is 1.81. The van der Waals surface area contributed by atoms with Gasteiger partial charge in [-0.25, -0.2) is 15.5 Å². The van der Waals surface area contributed by atoms with Crippen molar-refractivity contribution in [1.29, 1.82) is 0 Å². The molecule has 6 nitrogen and oxygen atoms in total. The van der Waals surface area contributed by atoms with Gasteiger partial charge in [0.25, 0.3) is 0 Å². The molecule has 3 amide bonds. The van der Waals surface area contributed by atoms with Gasteiger partial charge in [0.1, 0.15) is 0 Å². The fraction of sp³-hybridized carbons (Fsp3) is 0.273. The van der Waals surface area contributed by atoms with E-state index < -0.39 is 6.03 Å². The van der Waals surface area contributed by atoms with Crippen LogP contribution in [-0.4, -0.2) is 24.2 Å². The Morgan fingerprint density at radius 1 is 1.50 bits per heavy atom. The van der Waals surface area contributed by atoms with Crippen LogP contribution in [0.3, 0.4) is 0 Å². The maximum Gasteiger partial charge on any atom is 0.342 e. The summed E-state index contributed by atoms with van der Waals surface area (Å²) in [6, 6.07) is 5.04. The van der Waals surface area contributed by atoms with Crippen LogP contribution in [0.4, 0.5) is 10.5 Å². The summed E-state index contributed by atoms with van der Waals surface area (Å²) in [7, 11) is 0. The van der Waals surface area contributed by atoms with E-state index in [1.165, 1.54) is 11.8 Å². The van der Waals surface area contributed by atoms with Crippen LogP contribution in [0.5, 0.6) is 0 Å². The van der Waals surface area contributed by atoms with E-state index in [2.05, 4.69) is 0 Å². The van der Waals surface area contributed by atoms with Gasteiger partial charge in [-0.15, -0.1) is 11.8 Å². The standard InChI is InChI=1S/C11H14N4O2S/c12-4-3-7-1-2-9-8(5-7)15(11(17)14-13)10(16)6-18-9/h1-2,5H,3-4,6,12-13H2,(H,14,17). The molecule has 0 aliphatic carbocycles. The minimum atomic E-state index is -0.619. The Kier molecular flexibility index (Phi) is 3.85. The van der Waals surface area contributed by atoms with Gasteiger partial charge in [0.05, 0.1) is 11.4 Å². The van der Waals surface area contributed by atoms with E-state index in [0.29, 0.717) is 18.7 Å². The number of hydrazine groups is 1. The molecule has 0 saturated carbocycles. The molecule has 2 rings (SSSR count). The second-order valence-corrected chi connectivity index (χ2v) is 4.83. The van der Waals surface area contributed by atoms with Crippen LogP contribution >= 0.6 is 11.8 Å². The zero-order chi connectivity index (χ0) is 13.1. The summed E-state index contributed by atoms with van der Waals surface area (Å²) in [4.78, 5) is 25.4. The van der Waals surface area contributed by atoms with E-state index in [1.54, 1.807) is 0 Å². The summed E-state index contributed by atoms with van der Waals surface area (Å²) in [5, 5.41) is 0. The fourth-order valence-corrected chi connectivity index (χ4v) is 2.68. The molecule has 5 N–H and O–H groups in total. The average Bonchev–Trinajstić information content (AvgIpc) is 2.38. The lowest BCUT2D eigenvalue weighted by Gasteiger charge is -2.27. The van der Waals surface area contributed by atoms with Crippen molar-refractivity contribution in [3.63, 3.8) is 0 Å². The number of hydrogen-bond acceptors (Lipinski definition) is 5. The summed E-state index contributed by atoms with van der Waals surface area (Å²) >= 11 is 1.41. The van der Waals surface area contributed by atoms with Crippen molar-refractivity contribution in [1.82, 2.24) is 5.43 Å². The van der Waals surface area contributed by atoms with E-state index in [0.717, 1.165) is 15.4 Å². The van der Waals surface area contributed by atoms with Crippen molar-refractivity contribution in [2.24, 2.45) is 11.6 Å². The van der Waals surface area contributed by atoms with Crippen LogP contribution in [0.1, 0.15) is 5.56 Å². The molecule has 0 saturated heterocycles. The summed E-state index contributed by atoms with van der Waals surface area (Å²) in [6.07, 6.45) is 0.699. The van der Waals surface area contributed by atoms with Crippen molar-refractivity contribution in [2.75, 3.05) is 17.2 Å². The lowest BCUT2D eigenvalue weighted by molar-refractivity contribution is -0.115. The zero-order valence-corrected chi connectivity index (χ0v) is 10.5. The van der Waals surface area contributed by atoms with Gasteiger partial charge in [0.2, 0.25) is 5.91 Å². The molecular formula is C11H14N4O2S. The third-order valence-electron chi connectivity index (χ3n) is 2.62. The second-order valence-electron chi connectivity index (χ2n) is 3.81. The highest BCUT2D eigenvalue weighted by Crippen LogP contribution is 2.36. The number of fused-ring (bicyclic) bond motifs is 1. The third-order valence-corrected chi connectivity index (χ3v) is 3.67. The van der Waals surface area contributed by atoms with Gasteiger partial charge in [-0.1, -0.05) is 6.07 Å². The number of nitrogens with two attached hydrogens (primary N) is 2. The highest BCUT2D eigenvalue weighted by molar-refractivity contribution is 8.00. The molecule has 0 aromatic heterocycles. The number of thioether (sulfide) groups is 1. The van der Waals surface area contributed by atoms with E-state index in [1.807, 2.05) is 23.6 Å². The van der Waals surface area contributed by atoms with E-state index in [9.17, 15) is 9.59 Å². The van der Waals surface area contributed by atoms with Crippen LogP contribution in [0.2, 0.25) is 0 Å². The van der Waals surface area contributed by atoms with Gasteiger partial charge in [-0.3, -0.25) is 10.2 Å². The summed E-state index contributed by atoms with van der Waals surface area (Å²) < 4.78 is 0. The Labute approximate surface area is 109 Å². The van der Waals surface area contributed by atoms with Gasteiger partial charge in [-0.2, -0.15) is 0 Å². The quantitative estimate of drug-likeness (QED) is 0.403. The molecule has 1 aromatic carbocycles. The van der Waals surface area contributed by atoms with Gasteiger partial charge in [-0.05, 0) is 30.7 Å². The number of nitrogens with one attached hydrogen (secondary N) is 1. The monoisotopic (exact) mass is 266 g/mol. The van der Waals surface area contributed by atoms with Crippen LogP contribution in [0.25, 0.3) is 0 Å². The molecule has 0 spiro atoms. The maximum atomic E-state index is 11.8. The summed E-state index contributed by atoms with van der Waals surface area (Å²) in [5.41, 5.74) is 9.05. The first-order chi connectivity index (χ1) is 8.67. The molecule has 1 aliphatic rings. The molecule has 0 bridgehead atoms. The molecule has 0 fully saturated rings. The number of rotatable bonds is 2. The highest BCUT2D eigenvalue weighted by Gasteiger charge is 2.29. The largest absolute Gasteiger partial charge is 0.342 e. The number of benzene rings is 1. The molecule has 0 radical (unpaired) electrons. The molecule has 18 heavy (non-hydrogen) atoms. The molecule has 0 unspecified atom stereocenters. The van der Waals surface area contributed by atoms with Gasteiger partial charge in [0.15, 0.2) is 0 Å². The predicted molar refractivity (Wildman–Crippen MR) is 70.1 cm³/mol. The van der Waals surface area contributed by atoms with Crippen molar-refractivity contribution < 1.29 is 9.59 Å². The number of urea groups is 1. The average molecular weight is 266 g/mol. The summed E-state index contributed by atoms with van der Waals surface area (Å²) in [5.74, 6) is 5.05. The molecule has 1 heterocycles. The van der Waals surface area contributed by atoms with E-state index in [-0.39, 0.29) is 11.7 Å². The first-order valence-electron chi connectivity index (χ1n) is 5.46. The van der Waals surface area contributed by atoms with Gasteiger partial charge >= 0.3 is 6.03 Å². The number of nitrogens with zero attached hydrogens (tertiary/aromatic N) is 1. The number of carbonyl (C=O) groups excluding carboxylic acids is 2. The van der Waals surface area contributed by atoms with E-state index in [4.69, 9.17) is 11.6 Å². The maximum absolute atomic E-state index is 11.8. The number of anilines is 1. The Morgan fingerprint density at radius 2 is 2.28 bits per heavy atom. The van der Waals surface area contributed by atoms with Gasteiger partial charge in [0, 0.05) is 4.90 Å². The molecule has 1 aromatic rings. The smallest absolute Gasteiger partial charge is 0.330 e. The summed E-state index contributed by atoms with van der Waals surface area (Å²) in [6.45, 7) is 0.517. The Balaban J connectivity index is 2.43. The molecule has 7 heteroatoms. The van der Waals surface area contributed by atoms with Crippen LogP contribution in [-0.2, 0) is 11.2 Å². The number of hydrogen-bond donors (Lipinski definition) is 3. The number of imide groups is 1. The highest BCUT2D eigenvalue weighted by atomic mass is 32.2. The molecule has 0 atom stereocenters. The number of carbonyl (C=O) groups is 2. The minimum absolute atomic E-state index is 0.233. The van der Waals surface area contributed by atoms with Crippen LogP contribution in [0.15, 0.2) is 23.1 Å². The zero-order valence-electron chi connectivity index (χ0n) is 9.68. The molecular weight excluding hydrogens is 252 g/mol. The van der Waals surface area contributed by atoms with Crippen molar-refractivity contribution in [2.45, 2.75) is 11.3 Å². The minimum Gasteiger partial charge on any atom is -0.330 e. The predicted octanol–water partition coefficient (Wildman–Crippen LogP) is 0.210.